The van der Waals surface area contributed by atoms with Gasteiger partial charge in [-0.15, -0.1) is 0 Å². The van der Waals surface area contributed by atoms with E-state index in [1.165, 1.54) is 17.0 Å². The molecule has 0 aliphatic rings. The highest BCUT2D eigenvalue weighted by molar-refractivity contribution is 5.75. The minimum absolute atomic E-state index is 0.0574. The molecule has 0 radical (unpaired) electrons. The molecule has 28 heavy (non-hydrogen) atoms. The Morgan fingerprint density at radius 3 is 2.64 bits per heavy atom. The summed E-state index contributed by atoms with van der Waals surface area (Å²) in [6, 6.07) is 16.9. The smallest absolute Gasteiger partial charge is 0.254 e. The second-order valence-electron chi connectivity index (χ2n) is 6.56. The van der Waals surface area contributed by atoms with Gasteiger partial charge in [0.05, 0.1) is 19.1 Å². The van der Waals surface area contributed by atoms with E-state index in [4.69, 9.17) is 4.74 Å². The molecule has 0 unspecified atom stereocenters. The molecular formula is C22H23N3O3. The third-order valence-corrected chi connectivity index (χ3v) is 4.41. The lowest BCUT2D eigenvalue weighted by molar-refractivity contribution is -0.121. The molecule has 0 aliphatic carbocycles. The SMILES string of the molecule is COc1cccc(CCNC(=O)Cn2cnc(-c3ccc(C)cc3)cc2=O)c1. The molecule has 0 saturated heterocycles. The van der Waals surface area contributed by atoms with Crippen LogP contribution in [-0.4, -0.2) is 29.1 Å². The van der Waals surface area contributed by atoms with Crippen LogP contribution < -0.4 is 15.6 Å². The molecule has 1 amide bonds. The van der Waals surface area contributed by atoms with Gasteiger partial charge in [0.1, 0.15) is 12.3 Å². The molecule has 144 valence electrons. The van der Waals surface area contributed by atoms with Gasteiger partial charge in [0.15, 0.2) is 0 Å². The van der Waals surface area contributed by atoms with E-state index in [9.17, 15) is 9.59 Å². The summed E-state index contributed by atoms with van der Waals surface area (Å²) in [5, 5.41) is 2.83. The summed E-state index contributed by atoms with van der Waals surface area (Å²) >= 11 is 0. The number of aromatic nitrogens is 2. The van der Waals surface area contributed by atoms with Crippen LogP contribution in [0.4, 0.5) is 0 Å². The number of carbonyl (C=O) groups excluding carboxylic acids is 1. The van der Waals surface area contributed by atoms with Crippen LogP contribution in [0.2, 0.25) is 0 Å². The third kappa shape index (κ3) is 5.07. The van der Waals surface area contributed by atoms with E-state index in [1.54, 1.807) is 7.11 Å². The fraction of sp³-hybridized carbons (Fsp3) is 0.227. The minimum atomic E-state index is -0.256. The zero-order valence-corrected chi connectivity index (χ0v) is 16.0. The zero-order valence-electron chi connectivity index (χ0n) is 16.0. The first-order chi connectivity index (χ1) is 13.5. The van der Waals surface area contributed by atoms with Gasteiger partial charge < -0.3 is 10.1 Å². The van der Waals surface area contributed by atoms with Crippen LogP contribution in [0.1, 0.15) is 11.1 Å². The lowest BCUT2D eigenvalue weighted by Gasteiger charge is -2.09. The second kappa shape index (κ2) is 8.99. The third-order valence-electron chi connectivity index (χ3n) is 4.41. The normalized spacial score (nSPS) is 10.5. The average Bonchev–Trinajstić information content (AvgIpc) is 2.70. The van der Waals surface area contributed by atoms with E-state index in [2.05, 4.69) is 10.3 Å². The summed E-state index contributed by atoms with van der Waals surface area (Å²) in [5.41, 5.74) is 3.43. The summed E-state index contributed by atoms with van der Waals surface area (Å²) in [6.45, 7) is 2.43. The lowest BCUT2D eigenvalue weighted by atomic mass is 10.1. The first-order valence-corrected chi connectivity index (χ1v) is 9.08. The predicted octanol–water partition coefficient (Wildman–Crippen LogP) is 2.59. The molecule has 3 rings (SSSR count). The maximum absolute atomic E-state index is 12.3. The molecule has 6 heteroatoms. The topological polar surface area (TPSA) is 73.2 Å². The number of nitrogens with one attached hydrogen (secondary N) is 1. The van der Waals surface area contributed by atoms with Crippen LogP contribution in [0.25, 0.3) is 11.3 Å². The van der Waals surface area contributed by atoms with Gasteiger partial charge in [-0.25, -0.2) is 4.98 Å². The van der Waals surface area contributed by atoms with E-state index in [1.807, 2.05) is 55.5 Å². The van der Waals surface area contributed by atoms with Crippen LogP contribution in [0.5, 0.6) is 5.75 Å². The fourth-order valence-electron chi connectivity index (χ4n) is 2.81. The standard InChI is InChI=1S/C22H23N3O3/c1-16-6-8-18(9-7-16)20-13-22(27)25(15-24-20)14-21(26)23-11-10-17-4-3-5-19(12-17)28-2/h3-9,12-13,15H,10-11,14H2,1-2H3,(H,23,26). The van der Waals surface area contributed by atoms with Crippen molar-refractivity contribution in [1.29, 1.82) is 0 Å². The van der Waals surface area contributed by atoms with Crippen molar-refractivity contribution in [2.24, 2.45) is 0 Å². The van der Waals surface area contributed by atoms with E-state index in [0.717, 1.165) is 22.4 Å². The van der Waals surface area contributed by atoms with Gasteiger partial charge in [-0.2, -0.15) is 0 Å². The van der Waals surface area contributed by atoms with Gasteiger partial charge in [0.25, 0.3) is 5.56 Å². The first kappa shape index (κ1) is 19.4. The first-order valence-electron chi connectivity index (χ1n) is 9.08. The van der Waals surface area contributed by atoms with Crippen LogP contribution >= 0.6 is 0 Å². The van der Waals surface area contributed by atoms with Gasteiger partial charge in [-0.05, 0) is 31.0 Å². The summed E-state index contributed by atoms with van der Waals surface area (Å²) < 4.78 is 6.49. The molecule has 0 atom stereocenters. The lowest BCUT2D eigenvalue weighted by Crippen LogP contribution is -2.33. The number of nitrogens with zero attached hydrogens (tertiary/aromatic N) is 2. The van der Waals surface area contributed by atoms with Crippen LogP contribution in [-0.2, 0) is 17.8 Å². The molecule has 0 aliphatic heterocycles. The maximum atomic E-state index is 12.3. The molecule has 1 N–H and O–H groups in total. The van der Waals surface area contributed by atoms with Crippen molar-refractivity contribution < 1.29 is 9.53 Å². The van der Waals surface area contributed by atoms with Gasteiger partial charge in [-0.1, -0.05) is 42.0 Å². The van der Waals surface area contributed by atoms with Gasteiger partial charge in [0, 0.05) is 18.2 Å². The Balaban J connectivity index is 1.56. The molecule has 6 nitrogen and oxygen atoms in total. The monoisotopic (exact) mass is 377 g/mol. The number of amides is 1. The van der Waals surface area contributed by atoms with E-state index in [0.29, 0.717) is 18.7 Å². The molecule has 3 aromatic rings. The Kier molecular flexibility index (Phi) is 6.22. The fourth-order valence-corrected chi connectivity index (χ4v) is 2.81. The van der Waals surface area contributed by atoms with E-state index >= 15 is 0 Å². The van der Waals surface area contributed by atoms with Crippen molar-refractivity contribution >= 4 is 5.91 Å². The number of hydrogen-bond acceptors (Lipinski definition) is 4. The zero-order chi connectivity index (χ0) is 19.9. The summed E-state index contributed by atoms with van der Waals surface area (Å²) in [7, 11) is 1.62. The largest absolute Gasteiger partial charge is 0.497 e. The second-order valence-corrected chi connectivity index (χ2v) is 6.56. The highest BCUT2D eigenvalue weighted by atomic mass is 16.5. The summed E-state index contributed by atoms with van der Waals surface area (Å²) in [5.74, 6) is 0.560. The van der Waals surface area contributed by atoms with E-state index < -0.39 is 0 Å². The maximum Gasteiger partial charge on any atom is 0.254 e. The van der Waals surface area contributed by atoms with Crippen molar-refractivity contribution in [3.05, 3.63) is 82.4 Å². The van der Waals surface area contributed by atoms with Gasteiger partial charge >= 0.3 is 0 Å². The Bertz CT molecular complexity index is 1010. The van der Waals surface area contributed by atoms with Crippen molar-refractivity contribution in [1.82, 2.24) is 14.9 Å². The molecule has 1 heterocycles. The summed E-state index contributed by atoms with van der Waals surface area (Å²) in [4.78, 5) is 28.8. The number of carbonyl (C=O) groups is 1. The molecule has 0 fully saturated rings. The summed E-state index contributed by atoms with van der Waals surface area (Å²) in [6.07, 6.45) is 2.10. The Hall–Kier alpha value is -3.41. The van der Waals surface area contributed by atoms with Crippen molar-refractivity contribution in [2.75, 3.05) is 13.7 Å². The van der Waals surface area contributed by atoms with E-state index in [-0.39, 0.29) is 18.0 Å². The number of hydrogen-bond donors (Lipinski definition) is 1. The highest BCUT2D eigenvalue weighted by Gasteiger charge is 2.07. The van der Waals surface area contributed by atoms with Gasteiger partial charge in [0.2, 0.25) is 5.91 Å². The average molecular weight is 377 g/mol. The van der Waals surface area contributed by atoms with Crippen molar-refractivity contribution in [2.45, 2.75) is 19.9 Å². The molecule has 0 saturated carbocycles. The molecule has 0 bridgehead atoms. The van der Waals surface area contributed by atoms with Crippen molar-refractivity contribution in [3.8, 4) is 17.0 Å². The minimum Gasteiger partial charge on any atom is -0.497 e. The number of aryl methyl sites for hydroxylation is 1. The molecular weight excluding hydrogens is 354 g/mol. The number of rotatable bonds is 7. The Labute approximate surface area is 163 Å². The molecule has 1 aromatic heterocycles. The van der Waals surface area contributed by atoms with Crippen molar-refractivity contribution in [3.63, 3.8) is 0 Å². The number of methoxy groups -OCH3 is 1. The number of benzene rings is 2. The van der Waals surface area contributed by atoms with Crippen LogP contribution in [0.15, 0.2) is 65.7 Å². The molecule has 0 spiro atoms. The van der Waals surface area contributed by atoms with Crippen LogP contribution in [0, 0.1) is 6.92 Å². The van der Waals surface area contributed by atoms with Crippen LogP contribution in [0.3, 0.4) is 0 Å². The van der Waals surface area contributed by atoms with Gasteiger partial charge in [-0.3, -0.25) is 14.2 Å². The number of ether oxygens (including phenoxy) is 1. The Morgan fingerprint density at radius 2 is 1.93 bits per heavy atom. The molecule has 2 aromatic carbocycles. The predicted molar refractivity (Wildman–Crippen MR) is 108 cm³/mol. The highest BCUT2D eigenvalue weighted by Crippen LogP contribution is 2.15. The quantitative estimate of drug-likeness (QED) is 0.687. The Morgan fingerprint density at radius 1 is 1.14 bits per heavy atom.